The molecule has 5 nitrogen and oxygen atoms in total. The molecule has 112 valence electrons. The van der Waals surface area contributed by atoms with Gasteiger partial charge < -0.3 is 20.2 Å². The van der Waals surface area contributed by atoms with Crippen LogP contribution in [0.2, 0.25) is 0 Å². The summed E-state index contributed by atoms with van der Waals surface area (Å²) < 4.78 is 10.7. The van der Waals surface area contributed by atoms with Crippen LogP contribution in [0.15, 0.2) is 27.8 Å². The van der Waals surface area contributed by atoms with Gasteiger partial charge in [0.2, 0.25) is 0 Å². The molecule has 20 heavy (non-hydrogen) atoms. The van der Waals surface area contributed by atoms with Crippen molar-refractivity contribution in [1.29, 1.82) is 0 Å². The van der Waals surface area contributed by atoms with Crippen LogP contribution in [0.4, 0.5) is 0 Å². The molecule has 0 aromatic carbocycles. The highest BCUT2D eigenvalue weighted by molar-refractivity contribution is 5.78. The summed E-state index contributed by atoms with van der Waals surface area (Å²) in [5, 5.41) is 3.30. The Morgan fingerprint density at radius 3 is 3.00 bits per heavy atom. The summed E-state index contributed by atoms with van der Waals surface area (Å²) in [5.74, 6) is 1.43. The van der Waals surface area contributed by atoms with E-state index in [1.807, 2.05) is 12.1 Å². The van der Waals surface area contributed by atoms with E-state index in [4.69, 9.17) is 14.9 Å². The van der Waals surface area contributed by atoms with Gasteiger partial charge in [-0.3, -0.25) is 4.99 Å². The molecule has 0 aliphatic heterocycles. The zero-order valence-corrected chi connectivity index (χ0v) is 12.0. The standard InChI is InChI=1S/C15H25N3O2/c16-15(18-13-6-2-1-3-7-13)17-9-5-10-19-12-14-8-4-11-20-14/h4,8,11,13H,1-3,5-7,9-10,12H2,(H3,16,17,18). The minimum absolute atomic E-state index is 0.516. The van der Waals surface area contributed by atoms with E-state index < -0.39 is 0 Å². The lowest BCUT2D eigenvalue weighted by Crippen LogP contribution is -2.41. The maximum atomic E-state index is 5.88. The molecular formula is C15H25N3O2. The molecule has 1 aliphatic rings. The van der Waals surface area contributed by atoms with Crippen LogP contribution in [0.1, 0.15) is 44.3 Å². The van der Waals surface area contributed by atoms with Gasteiger partial charge in [0, 0.05) is 19.2 Å². The van der Waals surface area contributed by atoms with Gasteiger partial charge in [0.25, 0.3) is 0 Å². The highest BCUT2D eigenvalue weighted by Crippen LogP contribution is 2.16. The predicted molar refractivity (Wildman–Crippen MR) is 79.5 cm³/mol. The fraction of sp³-hybridized carbons (Fsp3) is 0.667. The zero-order chi connectivity index (χ0) is 14.0. The minimum Gasteiger partial charge on any atom is -0.467 e. The lowest BCUT2D eigenvalue weighted by atomic mass is 9.96. The Labute approximate surface area is 120 Å². The first-order valence-corrected chi connectivity index (χ1v) is 7.51. The van der Waals surface area contributed by atoms with Crippen LogP contribution in [0.3, 0.4) is 0 Å². The van der Waals surface area contributed by atoms with E-state index >= 15 is 0 Å². The predicted octanol–water partition coefficient (Wildman–Crippen LogP) is 2.42. The third-order valence-corrected chi connectivity index (χ3v) is 3.51. The second-order valence-corrected chi connectivity index (χ2v) is 5.23. The summed E-state index contributed by atoms with van der Waals surface area (Å²) >= 11 is 0. The van der Waals surface area contributed by atoms with Crippen molar-refractivity contribution in [3.8, 4) is 0 Å². The monoisotopic (exact) mass is 279 g/mol. The Bertz CT molecular complexity index is 384. The fourth-order valence-corrected chi connectivity index (χ4v) is 2.44. The minimum atomic E-state index is 0.516. The van der Waals surface area contributed by atoms with E-state index in [0.29, 0.717) is 31.8 Å². The van der Waals surface area contributed by atoms with E-state index in [1.165, 1.54) is 32.1 Å². The molecule has 1 aromatic heterocycles. The first-order chi connectivity index (χ1) is 9.84. The summed E-state index contributed by atoms with van der Waals surface area (Å²) in [6.07, 6.45) is 8.89. The van der Waals surface area contributed by atoms with E-state index in [0.717, 1.165) is 12.2 Å². The molecule has 0 unspecified atom stereocenters. The van der Waals surface area contributed by atoms with Gasteiger partial charge in [0.1, 0.15) is 12.4 Å². The van der Waals surface area contributed by atoms with Crippen molar-refractivity contribution in [3.05, 3.63) is 24.2 Å². The molecule has 1 fully saturated rings. The number of guanidine groups is 1. The number of aliphatic imine (C=N–C) groups is 1. The number of nitrogens with one attached hydrogen (secondary N) is 1. The second kappa shape index (κ2) is 8.64. The second-order valence-electron chi connectivity index (χ2n) is 5.23. The lowest BCUT2D eigenvalue weighted by Gasteiger charge is -2.23. The van der Waals surface area contributed by atoms with E-state index in [2.05, 4.69) is 10.3 Å². The van der Waals surface area contributed by atoms with Crippen LogP contribution in [0, 0.1) is 0 Å². The number of rotatable bonds is 7. The average Bonchev–Trinajstić information content (AvgIpc) is 2.97. The Morgan fingerprint density at radius 1 is 1.40 bits per heavy atom. The molecule has 1 aromatic rings. The number of hydrogen-bond donors (Lipinski definition) is 2. The highest BCUT2D eigenvalue weighted by Gasteiger charge is 2.12. The molecular weight excluding hydrogens is 254 g/mol. The van der Waals surface area contributed by atoms with Crippen molar-refractivity contribution >= 4 is 5.96 Å². The number of nitrogens with zero attached hydrogens (tertiary/aromatic N) is 1. The fourth-order valence-electron chi connectivity index (χ4n) is 2.44. The highest BCUT2D eigenvalue weighted by atomic mass is 16.5. The number of ether oxygens (including phenoxy) is 1. The maximum Gasteiger partial charge on any atom is 0.188 e. The van der Waals surface area contributed by atoms with Gasteiger partial charge in [0.05, 0.1) is 6.26 Å². The summed E-state index contributed by atoms with van der Waals surface area (Å²) in [6, 6.07) is 4.29. The summed E-state index contributed by atoms with van der Waals surface area (Å²) in [7, 11) is 0. The smallest absolute Gasteiger partial charge is 0.188 e. The number of nitrogens with two attached hydrogens (primary N) is 1. The molecule has 2 rings (SSSR count). The van der Waals surface area contributed by atoms with E-state index in [9.17, 15) is 0 Å². The van der Waals surface area contributed by atoms with Crippen LogP contribution in [0.5, 0.6) is 0 Å². The Balaban J connectivity index is 1.51. The summed E-state index contributed by atoms with van der Waals surface area (Å²) in [4.78, 5) is 4.33. The molecule has 0 bridgehead atoms. The average molecular weight is 279 g/mol. The SMILES string of the molecule is NC(=NCCCOCc1ccco1)NC1CCCCC1. The van der Waals surface area contributed by atoms with Crippen LogP contribution in [-0.4, -0.2) is 25.2 Å². The molecule has 3 N–H and O–H groups in total. The van der Waals surface area contributed by atoms with Crippen LogP contribution < -0.4 is 11.1 Å². The summed E-state index contributed by atoms with van der Waals surface area (Å²) in [6.45, 7) is 1.89. The third-order valence-electron chi connectivity index (χ3n) is 3.51. The van der Waals surface area contributed by atoms with Gasteiger partial charge in [-0.2, -0.15) is 0 Å². The molecule has 1 heterocycles. The zero-order valence-electron chi connectivity index (χ0n) is 12.0. The molecule has 0 atom stereocenters. The summed E-state index contributed by atoms with van der Waals surface area (Å²) in [5.41, 5.74) is 5.88. The van der Waals surface area contributed by atoms with Crippen LogP contribution in [0.25, 0.3) is 0 Å². The normalized spacial score (nSPS) is 17.3. The van der Waals surface area contributed by atoms with Gasteiger partial charge in [-0.15, -0.1) is 0 Å². The quantitative estimate of drug-likeness (QED) is 0.457. The first-order valence-electron chi connectivity index (χ1n) is 7.51. The van der Waals surface area contributed by atoms with Crippen molar-refractivity contribution < 1.29 is 9.15 Å². The van der Waals surface area contributed by atoms with Crippen LogP contribution in [-0.2, 0) is 11.3 Å². The van der Waals surface area contributed by atoms with Gasteiger partial charge in [-0.05, 0) is 31.4 Å². The Morgan fingerprint density at radius 2 is 2.25 bits per heavy atom. The van der Waals surface area contributed by atoms with Crippen molar-refractivity contribution in [2.45, 2.75) is 51.2 Å². The molecule has 5 heteroatoms. The molecule has 0 spiro atoms. The van der Waals surface area contributed by atoms with Crippen molar-refractivity contribution in [3.63, 3.8) is 0 Å². The topological polar surface area (TPSA) is 72.8 Å². The first kappa shape index (κ1) is 14.9. The van der Waals surface area contributed by atoms with Gasteiger partial charge in [0.15, 0.2) is 5.96 Å². The van der Waals surface area contributed by atoms with Gasteiger partial charge >= 0.3 is 0 Å². The maximum absolute atomic E-state index is 5.88. The number of furan rings is 1. The molecule has 1 aliphatic carbocycles. The molecule has 0 saturated heterocycles. The van der Waals surface area contributed by atoms with E-state index in [1.54, 1.807) is 6.26 Å². The van der Waals surface area contributed by atoms with Gasteiger partial charge in [-0.1, -0.05) is 19.3 Å². The number of hydrogen-bond acceptors (Lipinski definition) is 3. The molecule has 1 saturated carbocycles. The molecule has 0 amide bonds. The Hall–Kier alpha value is -1.49. The van der Waals surface area contributed by atoms with Crippen molar-refractivity contribution in [1.82, 2.24) is 5.32 Å². The van der Waals surface area contributed by atoms with E-state index in [-0.39, 0.29) is 0 Å². The van der Waals surface area contributed by atoms with Crippen molar-refractivity contribution in [2.75, 3.05) is 13.2 Å². The van der Waals surface area contributed by atoms with Gasteiger partial charge in [-0.25, -0.2) is 0 Å². The largest absolute Gasteiger partial charge is 0.467 e. The Kier molecular flexibility index (Phi) is 6.44. The van der Waals surface area contributed by atoms with Crippen LogP contribution >= 0.6 is 0 Å². The lowest BCUT2D eigenvalue weighted by molar-refractivity contribution is 0.105. The van der Waals surface area contributed by atoms with Crippen molar-refractivity contribution in [2.24, 2.45) is 10.7 Å². The molecule has 0 radical (unpaired) electrons. The third kappa shape index (κ3) is 5.65.